The normalized spacial score (nSPS) is 10.2. The largest absolute Gasteiger partial charge is 0.339 e. The van der Waals surface area contributed by atoms with Gasteiger partial charge >= 0.3 is 0 Å². The fraction of sp³-hybridized carbons (Fsp3) is 0.0909. The van der Waals surface area contributed by atoms with E-state index in [0.29, 0.717) is 16.5 Å². The summed E-state index contributed by atoms with van der Waals surface area (Å²) in [4.78, 5) is 0. The molecule has 82 valence electrons. The van der Waals surface area contributed by atoms with Crippen molar-refractivity contribution in [1.29, 1.82) is 0 Å². The van der Waals surface area contributed by atoms with Crippen LogP contribution in [0, 0.1) is 12.7 Å². The quantitative estimate of drug-likeness (QED) is 0.871. The minimum atomic E-state index is -0.229. The van der Waals surface area contributed by atoms with Crippen LogP contribution in [-0.4, -0.2) is 10.2 Å². The molecular formula is C11H9ClFN3. The van der Waals surface area contributed by atoms with E-state index in [0.717, 1.165) is 5.69 Å². The van der Waals surface area contributed by atoms with Crippen LogP contribution >= 0.6 is 11.6 Å². The molecule has 16 heavy (non-hydrogen) atoms. The first-order valence-electron chi connectivity index (χ1n) is 4.67. The molecule has 0 atom stereocenters. The van der Waals surface area contributed by atoms with E-state index in [4.69, 9.17) is 11.6 Å². The highest BCUT2D eigenvalue weighted by Gasteiger charge is 2.00. The Morgan fingerprint density at radius 2 is 2.00 bits per heavy atom. The Labute approximate surface area is 97.3 Å². The van der Waals surface area contributed by atoms with E-state index in [2.05, 4.69) is 15.5 Å². The number of nitrogens with zero attached hydrogens (tertiary/aromatic N) is 2. The minimum Gasteiger partial charge on any atom is -0.339 e. The van der Waals surface area contributed by atoms with E-state index in [1.54, 1.807) is 31.2 Å². The van der Waals surface area contributed by atoms with E-state index in [1.165, 1.54) is 6.07 Å². The fourth-order valence-corrected chi connectivity index (χ4v) is 1.35. The summed E-state index contributed by atoms with van der Waals surface area (Å²) in [6, 6.07) is 8.08. The molecule has 0 spiro atoms. The molecule has 0 aliphatic carbocycles. The third-order valence-electron chi connectivity index (χ3n) is 2.06. The Balaban J connectivity index is 2.20. The number of nitrogens with one attached hydrogen (secondary N) is 1. The second kappa shape index (κ2) is 4.45. The number of hydrogen-bond acceptors (Lipinski definition) is 3. The molecule has 0 radical (unpaired) electrons. The Morgan fingerprint density at radius 1 is 1.19 bits per heavy atom. The molecule has 0 saturated carbocycles. The van der Waals surface area contributed by atoms with Crippen molar-refractivity contribution in [3.8, 4) is 0 Å². The van der Waals surface area contributed by atoms with Gasteiger partial charge in [0.05, 0.1) is 0 Å². The van der Waals surface area contributed by atoms with Crippen molar-refractivity contribution in [1.82, 2.24) is 10.2 Å². The maximum atomic E-state index is 13.0. The lowest BCUT2D eigenvalue weighted by molar-refractivity contribution is 0.619. The molecular weight excluding hydrogens is 229 g/mol. The molecule has 3 nitrogen and oxygen atoms in total. The zero-order chi connectivity index (χ0) is 11.5. The molecule has 0 bridgehead atoms. The van der Waals surface area contributed by atoms with Crippen molar-refractivity contribution in [3.63, 3.8) is 0 Å². The summed E-state index contributed by atoms with van der Waals surface area (Å²) >= 11 is 5.61. The summed E-state index contributed by atoms with van der Waals surface area (Å²) in [5.74, 6) is 0.336. The molecule has 1 N–H and O–H groups in total. The van der Waals surface area contributed by atoms with Crippen molar-refractivity contribution >= 4 is 23.1 Å². The van der Waals surface area contributed by atoms with Crippen molar-refractivity contribution in [2.45, 2.75) is 6.92 Å². The summed E-state index contributed by atoms with van der Waals surface area (Å²) in [5, 5.41) is 10.9. The van der Waals surface area contributed by atoms with Gasteiger partial charge in [-0.25, -0.2) is 4.39 Å². The van der Waals surface area contributed by atoms with Crippen LogP contribution in [0.3, 0.4) is 0 Å². The van der Waals surface area contributed by atoms with Crippen LogP contribution in [-0.2, 0) is 0 Å². The molecule has 0 fully saturated rings. The summed E-state index contributed by atoms with van der Waals surface area (Å²) < 4.78 is 13.0. The Bertz CT molecular complexity index is 499. The van der Waals surface area contributed by atoms with Crippen molar-refractivity contribution < 1.29 is 4.39 Å². The predicted octanol–water partition coefficient (Wildman–Crippen LogP) is 3.32. The van der Waals surface area contributed by atoms with E-state index in [1.807, 2.05) is 0 Å². The Morgan fingerprint density at radius 3 is 2.62 bits per heavy atom. The number of hydrogen-bond donors (Lipinski definition) is 1. The first-order chi connectivity index (χ1) is 7.65. The van der Waals surface area contributed by atoms with Gasteiger partial charge in [-0.05, 0) is 42.8 Å². The molecule has 5 heteroatoms. The highest BCUT2D eigenvalue weighted by atomic mass is 35.5. The molecule has 0 saturated heterocycles. The number of rotatable bonds is 2. The molecule has 1 aromatic carbocycles. The third-order valence-corrected chi connectivity index (χ3v) is 2.26. The highest BCUT2D eigenvalue weighted by molar-refractivity contribution is 6.29. The Hall–Kier alpha value is -1.68. The van der Waals surface area contributed by atoms with Crippen LogP contribution in [0.4, 0.5) is 15.9 Å². The highest BCUT2D eigenvalue weighted by Crippen LogP contribution is 2.17. The molecule has 1 heterocycles. The SMILES string of the molecule is Cc1cc(Nc2ccc(Cl)nn2)ccc1F. The predicted molar refractivity (Wildman–Crippen MR) is 61.5 cm³/mol. The lowest BCUT2D eigenvalue weighted by Crippen LogP contribution is -1.96. The zero-order valence-electron chi connectivity index (χ0n) is 8.54. The number of benzene rings is 1. The van der Waals surface area contributed by atoms with E-state index >= 15 is 0 Å². The van der Waals surface area contributed by atoms with E-state index < -0.39 is 0 Å². The average molecular weight is 238 g/mol. The van der Waals surface area contributed by atoms with Gasteiger partial charge in [0.25, 0.3) is 0 Å². The maximum Gasteiger partial charge on any atom is 0.153 e. The van der Waals surface area contributed by atoms with Crippen molar-refractivity contribution in [2.24, 2.45) is 0 Å². The zero-order valence-corrected chi connectivity index (χ0v) is 9.29. The second-order valence-corrected chi connectivity index (χ2v) is 3.72. The molecule has 0 aliphatic rings. The number of aryl methyl sites for hydroxylation is 1. The summed E-state index contributed by atoms with van der Waals surface area (Å²) in [5.41, 5.74) is 1.34. The Kier molecular flexibility index (Phi) is 3.01. The van der Waals surface area contributed by atoms with Crippen LogP contribution in [0.25, 0.3) is 0 Å². The van der Waals surface area contributed by atoms with Gasteiger partial charge in [0.15, 0.2) is 11.0 Å². The monoisotopic (exact) mass is 237 g/mol. The van der Waals surface area contributed by atoms with Crippen molar-refractivity contribution in [3.05, 3.63) is 46.9 Å². The lowest BCUT2D eigenvalue weighted by atomic mass is 10.2. The summed E-state index contributed by atoms with van der Waals surface area (Å²) in [6.45, 7) is 1.70. The van der Waals surface area contributed by atoms with Gasteiger partial charge in [0.2, 0.25) is 0 Å². The molecule has 2 rings (SSSR count). The lowest BCUT2D eigenvalue weighted by Gasteiger charge is -2.05. The smallest absolute Gasteiger partial charge is 0.153 e. The number of aromatic nitrogens is 2. The summed E-state index contributed by atoms with van der Waals surface area (Å²) in [6.07, 6.45) is 0. The molecule has 1 aromatic heterocycles. The second-order valence-electron chi connectivity index (χ2n) is 3.33. The van der Waals surface area contributed by atoms with Crippen molar-refractivity contribution in [2.75, 3.05) is 5.32 Å². The third kappa shape index (κ3) is 2.46. The molecule has 0 unspecified atom stereocenters. The van der Waals surface area contributed by atoms with Crippen LogP contribution in [0.2, 0.25) is 5.15 Å². The van der Waals surface area contributed by atoms with Gasteiger partial charge in [0.1, 0.15) is 5.82 Å². The standard InChI is InChI=1S/C11H9ClFN3/c1-7-6-8(2-3-9(7)13)14-11-5-4-10(12)15-16-11/h2-6H,1H3,(H,14,16). The van der Waals surface area contributed by atoms with Crippen LogP contribution in [0.1, 0.15) is 5.56 Å². The van der Waals surface area contributed by atoms with Crippen LogP contribution < -0.4 is 5.32 Å². The van der Waals surface area contributed by atoms with E-state index in [-0.39, 0.29) is 5.82 Å². The molecule has 0 amide bonds. The van der Waals surface area contributed by atoms with Gasteiger partial charge in [-0.15, -0.1) is 10.2 Å². The maximum absolute atomic E-state index is 13.0. The summed E-state index contributed by atoms with van der Waals surface area (Å²) in [7, 11) is 0. The van der Waals surface area contributed by atoms with Gasteiger partial charge in [-0.3, -0.25) is 0 Å². The van der Waals surface area contributed by atoms with Gasteiger partial charge in [-0.1, -0.05) is 11.6 Å². The first kappa shape index (κ1) is 10.8. The number of anilines is 2. The first-order valence-corrected chi connectivity index (χ1v) is 5.05. The van der Waals surface area contributed by atoms with Gasteiger partial charge in [-0.2, -0.15) is 0 Å². The van der Waals surface area contributed by atoms with Crippen LogP contribution in [0.5, 0.6) is 0 Å². The average Bonchev–Trinajstić information content (AvgIpc) is 2.27. The topological polar surface area (TPSA) is 37.8 Å². The van der Waals surface area contributed by atoms with Gasteiger partial charge in [0, 0.05) is 5.69 Å². The van der Waals surface area contributed by atoms with Crippen LogP contribution in [0.15, 0.2) is 30.3 Å². The fourth-order valence-electron chi connectivity index (χ4n) is 1.25. The molecule has 2 aromatic rings. The molecule has 0 aliphatic heterocycles. The van der Waals surface area contributed by atoms with Gasteiger partial charge < -0.3 is 5.32 Å². The minimum absolute atomic E-state index is 0.229. The van der Waals surface area contributed by atoms with E-state index in [9.17, 15) is 4.39 Å². The number of halogens is 2.